The van der Waals surface area contributed by atoms with E-state index in [1.807, 2.05) is 32.1 Å². The summed E-state index contributed by atoms with van der Waals surface area (Å²) < 4.78 is 27.7. The zero-order valence-corrected chi connectivity index (χ0v) is 16.0. The van der Waals surface area contributed by atoms with Crippen molar-refractivity contribution in [1.82, 2.24) is 4.31 Å². The van der Waals surface area contributed by atoms with Crippen molar-refractivity contribution in [1.29, 1.82) is 0 Å². The van der Waals surface area contributed by atoms with Crippen LogP contribution in [0.15, 0.2) is 64.7 Å². The van der Waals surface area contributed by atoms with Crippen LogP contribution in [0.4, 0.5) is 0 Å². The van der Waals surface area contributed by atoms with Crippen molar-refractivity contribution in [2.45, 2.75) is 63.3 Å². The smallest absolute Gasteiger partial charge is 0.264 e. The van der Waals surface area contributed by atoms with Gasteiger partial charge in [0.1, 0.15) is 0 Å². The van der Waals surface area contributed by atoms with Crippen LogP contribution in [0, 0.1) is 6.92 Å². The normalized spacial score (nSPS) is 22.2. The molecule has 3 rings (SSSR count). The van der Waals surface area contributed by atoms with E-state index in [0.29, 0.717) is 11.3 Å². The number of aryl methyl sites for hydroxylation is 1. The lowest BCUT2D eigenvalue weighted by Crippen LogP contribution is -2.33. The maximum atomic E-state index is 13.1. The Balaban J connectivity index is 1.96. The third-order valence-electron chi connectivity index (χ3n) is 5.18. The highest BCUT2D eigenvalue weighted by atomic mass is 32.2. The molecule has 0 bridgehead atoms. The van der Waals surface area contributed by atoms with E-state index in [1.54, 1.807) is 18.3 Å². The van der Waals surface area contributed by atoms with E-state index >= 15 is 0 Å². The zero-order valence-electron chi connectivity index (χ0n) is 15.2. The lowest BCUT2D eigenvalue weighted by molar-refractivity contribution is 0.421. The van der Waals surface area contributed by atoms with Crippen LogP contribution < -0.4 is 0 Å². The maximum Gasteiger partial charge on any atom is 0.264 e. The van der Waals surface area contributed by atoms with Crippen molar-refractivity contribution in [3.05, 3.63) is 65.4 Å². The Labute approximate surface area is 151 Å². The quantitative estimate of drug-likeness (QED) is 0.738. The van der Waals surface area contributed by atoms with E-state index in [-0.39, 0.29) is 6.04 Å². The highest BCUT2D eigenvalue weighted by Crippen LogP contribution is 2.34. The minimum atomic E-state index is -3.55. The Morgan fingerprint density at radius 3 is 2.36 bits per heavy atom. The van der Waals surface area contributed by atoms with Gasteiger partial charge in [-0.25, -0.2) is 8.42 Å². The lowest BCUT2D eigenvalue weighted by Gasteiger charge is -2.26. The van der Waals surface area contributed by atoms with Gasteiger partial charge in [0.2, 0.25) is 0 Å². The van der Waals surface area contributed by atoms with Gasteiger partial charge in [-0.15, -0.1) is 0 Å². The Kier molecular flexibility index (Phi) is 5.19. The second-order valence-electron chi connectivity index (χ2n) is 7.20. The molecule has 1 saturated carbocycles. The van der Waals surface area contributed by atoms with Crippen molar-refractivity contribution >= 4 is 10.0 Å². The summed E-state index contributed by atoms with van der Waals surface area (Å²) in [5.74, 6) is 0. The summed E-state index contributed by atoms with van der Waals surface area (Å²) in [6, 6.07) is 6.91. The molecule has 1 fully saturated rings. The van der Waals surface area contributed by atoms with Gasteiger partial charge in [-0.2, -0.15) is 0 Å². The number of sulfonamides is 1. The zero-order chi connectivity index (χ0) is 18.0. The number of rotatable bonds is 2. The number of hydrogen-bond donors (Lipinski definition) is 0. The van der Waals surface area contributed by atoms with Gasteiger partial charge in [0.25, 0.3) is 10.0 Å². The van der Waals surface area contributed by atoms with Crippen molar-refractivity contribution in [3.63, 3.8) is 0 Å². The van der Waals surface area contributed by atoms with Gasteiger partial charge < -0.3 is 0 Å². The standard InChI is InChI=1S/C21H27NO2S/c1-16-9-11-20(12-10-16)25(23,24)22-14-13-21(17(2)15-18(22)3)19-7-5-4-6-8-19/h9-14,18H,2,4-8,15H2,1,3H3/t18-/m0/s1. The molecule has 0 radical (unpaired) electrons. The SMILES string of the molecule is C=C1C[C@H](C)N(S(=O)(=O)c2ccc(C)cc2)C=CC1=C1CCCCC1. The van der Waals surface area contributed by atoms with Crippen molar-refractivity contribution in [3.8, 4) is 0 Å². The average Bonchev–Trinajstić information content (AvgIpc) is 2.74. The molecule has 1 aliphatic carbocycles. The van der Waals surface area contributed by atoms with Crippen LogP contribution in [0.2, 0.25) is 0 Å². The molecule has 0 aromatic heterocycles. The fourth-order valence-electron chi connectivity index (χ4n) is 3.73. The molecule has 4 heteroatoms. The molecule has 2 aliphatic rings. The molecule has 0 N–H and O–H groups in total. The van der Waals surface area contributed by atoms with E-state index in [4.69, 9.17) is 0 Å². The third-order valence-corrected chi connectivity index (χ3v) is 7.08. The van der Waals surface area contributed by atoms with E-state index in [9.17, 15) is 8.42 Å². The highest BCUT2D eigenvalue weighted by molar-refractivity contribution is 7.89. The first-order valence-electron chi connectivity index (χ1n) is 9.08. The first kappa shape index (κ1) is 18.0. The average molecular weight is 358 g/mol. The van der Waals surface area contributed by atoms with Crippen LogP contribution in [-0.2, 0) is 10.0 Å². The topological polar surface area (TPSA) is 37.4 Å². The lowest BCUT2D eigenvalue weighted by atomic mass is 9.87. The van der Waals surface area contributed by atoms with Crippen LogP contribution in [0.3, 0.4) is 0 Å². The van der Waals surface area contributed by atoms with E-state index in [2.05, 4.69) is 6.58 Å². The van der Waals surface area contributed by atoms with Crippen LogP contribution in [0.5, 0.6) is 0 Å². The predicted octanol–water partition coefficient (Wildman–Crippen LogP) is 5.11. The summed E-state index contributed by atoms with van der Waals surface area (Å²) in [6.07, 6.45) is 10.3. The van der Waals surface area contributed by atoms with Gasteiger partial charge in [-0.05, 0) is 75.3 Å². The second-order valence-corrected chi connectivity index (χ2v) is 9.04. The molecule has 1 aromatic rings. The second kappa shape index (κ2) is 7.20. The largest absolute Gasteiger partial charge is 0.270 e. The summed E-state index contributed by atoms with van der Waals surface area (Å²) in [7, 11) is -3.55. The fourth-order valence-corrected chi connectivity index (χ4v) is 5.23. The van der Waals surface area contributed by atoms with Gasteiger partial charge in [0.15, 0.2) is 0 Å². The summed E-state index contributed by atoms with van der Waals surface area (Å²) in [6.45, 7) is 8.16. The van der Waals surface area contributed by atoms with Crippen LogP contribution >= 0.6 is 0 Å². The molecule has 1 atom stereocenters. The van der Waals surface area contributed by atoms with Gasteiger partial charge in [0.05, 0.1) is 4.90 Å². The Hall–Kier alpha value is -1.81. The summed E-state index contributed by atoms with van der Waals surface area (Å²) in [5.41, 5.74) is 4.72. The first-order valence-corrected chi connectivity index (χ1v) is 10.5. The van der Waals surface area contributed by atoms with E-state index < -0.39 is 10.0 Å². The number of benzene rings is 1. The van der Waals surface area contributed by atoms with Crippen molar-refractivity contribution in [2.75, 3.05) is 0 Å². The van der Waals surface area contributed by atoms with Gasteiger partial charge in [0, 0.05) is 12.2 Å². The van der Waals surface area contributed by atoms with E-state index in [1.165, 1.54) is 34.7 Å². The minimum Gasteiger partial charge on any atom is -0.270 e. The van der Waals surface area contributed by atoms with Gasteiger partial charge >= 0.3 is 0 Å². The first-order chi connectivity index (χ1) is 11.9. The molecule has 0 amide bonds. The van der Waals surface area contributed by atoms with Gasteiger partial charge in [-0.3, -0.25) is 4.31 Å². The molecular formula is C21H27NO2S. The molecule has 0 unspecified atom stereocenters. The molecular weight excluding hydrogens is 330 g/mol. The Bertz CT molecular complexity index is 808. The van der Waals surface area contributed by atoms with Crippen molar-refractivity contribution < 1.29 is 8.42 Å². The highest BCUT2D eigenvalue weighted by Gasteiger charge is 2.29. The number of hydrogen-bond acceptors (Lipinski definition) is 2. The van der Waals surface area contributed by atoms with Crippen LogP contribution in [0.25, 0.3) is 0 Å². The molecule has 3 nitrogen and oxygen atoms in total. The van der Waals surface area contributed by atoms with Crippen LogP contribution in [0.1, 0.15) is 51.0 Å². The molecule has 25 heavy (non-hydrogen) atoms. The monoisotopic (exact) mass is 357 g/mol. The van der Waals surface area contributed by atoms with Gasteiger partial charge in [-0.1, -0.05) is 36.3 Å². The van der Waals surface area contributed by atoms with Crippen LogP contribution in [-0.4, -0.2) is 18.8 Å². The Morgan fingerprint density at radius 1 is 1.08 bits per heavy atom. The maximum absolute atomic E-state index is 13.1. The summed E-state index contributed by atoms with van der Waals surface area (Å²) >= 11 is 0. The molecule has 0 spiro atoms. The third kappa shape index (κ3) is 3.74. The number of allylic oxidation sites excluding steroid dienone is 3. The summed E-state index contributed by atoms with van der Waals surface area (Å²) in [4.78, 5) is 0.342. The Morgan fingerprint density at radius 2 is 1.72 bits per heavy atom. The minimum absolute atomic E-state index is 0.142. The molecule has 1 aliphatic heterocycles. The molecule has 1 aromatic carbocycles. The summed E-state index contributed by atoms with van der Waals surface area (Å²) in [5, 5.41) is 0. The molecule has 134 valence electrons. The molecule has 1 heterocycles. The fraction of sp³-hybridized carbons (Fsp3) is 0.429. The van der Waals surface area contributed by atoms with Crippen molar-refractivity contribution in [2.24, 2.45) is 0 Å². The van der Waals surface area contributed by atoms with E-state index in [0.717, 1.165) is 24.0 Å². The predicted molar refractivity (Wildman–Crippen MR) is 103 cm³/mol. The number of nitrogens with zero attached hydrogens (tertiary/aromatic N) is 1. The molecule has 0 saturated heterocycles.